The molecule has 0 spiro atoms. The first-order chi connectivity index (χ1) is 7.89. The van der Waals surface area contributed by atoms with Gasteiger partial charge in [-0.1, -0.05) is 0 Å². The van der Waals surface area contributed by atoms with Crippen molar-refractivity contribution in [1.82, 2.24) is 9.88 Å². The Balaban J connectivity index is 2.82. The van der Waals surface area contributed by atoms with Gasteiger partial charge in [0, 0.05) is 29.4 Å². The predicted octanol–water partition coefficient (Wildman–Crippen LogP) is 2.16. The lowest BCUT2D eigenvalue weighted by atomic mass is 10.0. The van der Waals surface area contributed by atoms with Crippen molar-refractivity contribution in [3.05, 3.63) is 22.4 Å². The molecule has 1 rings (SSSR count). The highest BCUT2D eigenvalue weighted by molar-refractivity contribution is 9.10. The van der Waals surface area contributed by atoms with E-state index < -0.39 is 5.54 Å². The van der Waals surface area contributed by atoms with Gasteiger partial charge >= 0.3 is 0 Å². The Kier molecular flexibility index (Phi) is 4.77. The van der Waals surface area contributed by atoms with Crippen LogP contribution in [0.3, 0.4) is 0 Å². The topological polar surface area (TPSA) is 54.3 Å². The molecule has 0 bridgehead atoms. The second kappa shape index (κ2) is 5.69. The molecule has 1 aromatic heterocycles. The third-order valence-corrected chi connectivity index (χ3v) is 3.06. The maximum absolute atomic E-state index is 12.1. The molecule has 1 heterocycles. The van der Waals surface area contributed by atoms with Gasteiger partial charge in [0.1, 0.15) is 5.69 Å². The van der Waals surface area contributed by atoms with E-state index in [2.05, 4.69) is 21.2 Å². The Bertz CT molecular complexity index is 399. The molecule has 0 fully saturated rings. The lowest BCUT2D eigenvalue weighted by Gasteiger charge is -2.25. The Labute approximate surface area is 110 Å². The van der Waals surface area contributed by atoms with Crippen molar-refractivity contribution in [2.45, 2.75) is 39.3 Å². The quantitative estimate of drug-likeness (QED) is 0.876. The van der Waals surface area contributed by atoms with E-state index in [1.54, 1.807) is 6.07 Å². The number of halogens is 1. The summed E-state index contributed by atoms with van der Waals surface area (Å²) < 4.78 is 2.78. The fourth-order valence-corrected chi connectivity index (χ4v) is 2.10. The number of carbonyl (C=O) groups is 1. The monoisotopic (exact) mass is 302 g/mol. The Morgan fingerprint density at radius 2 is 2.24 bits per heavy atom. The number of amides is 1. The highest BCUT2D eigenvalue weighted by Gasteiger charge is 2.22. The van der Waals surface area contributed by atoms with E-state index in [0.717, 1.165) is 11.0 Å². The summed E-state index contributed by atoms with van der Waals surface area (Å²) >= 11 is 3.36. The molecule has 96 valence electrons. The number of rotatable bonds is 5. The van der Waals surface area contributed by atoms with Gasteiger partial charge in [-0.15, -0.1) is 0 Å². The maximum Gasteiger partial charge on any atom is 0.268 e. The van der Waals surface area contributed by atoms with E-state index in [4.69, 9.17) is 5.11 Å². The van der Waals surface area contributed by atoms with Crippen LogP contribution in [-0.2, 0) is 6.54 Å². The van der Waals surface area contributed by atoms with Crippen LogP contribution in [0.15, 0.2) is 16.7 Å². The summed E-state index contributed by atoms with van der Waals surface area (Å²) in [7, 11) is 0. The van der Waals surface area contributed by atoms with Gasteiger partial charge in [0.2, 0.25) is 0 Å². The van der Waals surface area contributed by atoms with Crippen molar-refractivity contribution in [2.75, 3.05) is 6.61 Å². The molecule has 0 saturated heterocycles. The first-order valence-corrected chi connectivity index (χ1v) is 6.48. The van der Waals surface area contributed by atoms with Crippen molar-refractivity contribution in [1.29, 1.82) is 0 Å². The molecule has 0 radical (unpaired) electrons. The molecule has 17 heavy (non-hydrogen) atoms. The molecule has 0 aliphatic carbocycles. The highest BCUT2D eigenvalue weighted by Crippen LogP contribution is 2.16. The van der Waals surface area contributed by atoms with Crippen molar-refractivity contribution in [2.24, 2.45) is 0 Å². The van der Waals surface area contributed by atoms with Gasteiger partial charge in [-0.05, 0) is 49.2 Å². The zero-order valence-electron chi connectivity index (χ0n) is 10.5. The number of aromatic nitrogens is 1. The average molecular weight is 303 g/mol. The van der Waals surface area contributed by atoms with Crippen LogP contribution in [0.4, 0.5) is 0 Å². The molecule has 1 aromatic rings. The van der Waals surface area contributed by atoms with Gasteiger partial charge < -0.3 is 15.0 Å². The van der Waals surface area contributed by atoms with Crippen molar-refractivity contribution < 1.29 is 9.90 Å². The van der Waals surface area contributed by atoms with E-state index in [1.807, 2.05) is 31.5 Å². The number of aliphatic hydroxyl groups excluding tert-OH is 1. The summed E-state index contributed by atoms with van der Waals surface area (Å²) in [4.78, 5) is 12.1. The van der Waals surface area contributed by atoms with Crippen LogP contribution in [0.25, 0.3) is 0 Å². The summed E-state index contributed by atoms with van der Waals surface area (Å²) in [6, 6.07) is 1.80. The summed E-state index contributed by atoms with van der Waals surface area (Å²) in [5.74, 6) is -0.115. The third-order valence-electron chi connectivity index (χ3n) is 2.63. The van der Waals surface area contributed by atoms with Crippen LogP contribution < -0.4 is 5.32 Å². The van der Waals surface area contributed by atoms with Crippen molar-refractivity contribution in [3.8, 4) is 0 Å². The molecule has 1 amide bonds. The Morgan fingerprint density at radius 3 is 2.76 bits per heavy atom. The zero-order chi connectivity index (χ0) is 13.1. The minimum Gasteiger partial charge on any atom is -0.396 e. The molecule has 2 N–H and O–H groups in total. The van der Waals surface area contributed by atoms with Gasteiger partial charge in [0.25, 0.3) is 5.91 Å². The molecular formula is C12H19BrN2O2. The molecule has 5 heteroatoms. The second-order valence-electron chi connectivity index (χ2n) is 4.64. The minimum atomic E-state index is -0.402. The number of aryl methyl sites for hydroxylation is 1. The lowest BCUT2D eigenvalue weighted by Crippen LogP contribution is -2.44. The van der Waals surface area contributed by atoms with Crippen molar-refractivity contribution in [3.63, 3.8) is 0 Å². The SMILES string of the molecule is CCn1cc(Br)cc1C(=O)NC(C)(C)CCO. The van der Waals surface area contributed by atoms with Crippen LogP contribution >= 0.6 is 15.9 Å². The van der Waals surface area contributed by atoms with Crippen LogP contribution in [-0.4, -0.2) is 27.7 Å². The minimum absolute atomic E-state index is 0.0613. The molecule has 0 atom stereocenters. The summed E-state index contributed by atoms with van der Waals surface area (Å²) in [6.45, 7) is 6.59. The van der Waals surface area contributed by atoms with E-state index in [0.29, 0.717) is 12.1 Å². The molecule has 0 aliphatic rings. The average Bonchev–Trinajstić information content (AvgIpc) is 2.58. The van der Waals surface area contributed by atoms with E-state index in [1.165, 1.54) is 0 Å². The van der Waals surface area contributed by atoms with E-state index in [-0.39, 0.29) is 12.5 Å². The summed E-state index contributed by atoms with van der Waals surface area (Å²) in [5.41, 5.74) is 0.228. The lowest BCUT2D eigenvalue weighted by molar-refractivity contribution is 0.0890. The van der Waals surface area contributed by atoms with Gasteiger partial charge in [-0.25, -0.2) is 0 Å². The number of hydrogen-bond acceptors (Lipinski definition) is 2. The van der Waals surface area contributed by atoms with Crippen LogP contribution in [0.2, 0.25) is 0 Å². The van der Waals surface area contributed by atoms with Gasteiger partial charge in [0.05, 0.1) is 0 Å². The maximum atomic E-state index is 12.1. The molecule has 0 unspecified atom stereocenters. The summed E-state index contributed by atoms with van der Waals surface area (Å²) in [6.07, 6.45) is 2.42. The number of aliphatic hydroxyl groups is 1. The van der Waals surface area contributed by atoms with Crippen LogP contribution in [0, 0.1) is 0 Å². The smallest absolute Gasteiger partial charge is 0.268 e. The van der Waals surface area contributed by atoms with Gasteiger partial charge in [-0.3, -0.25) is 4.79 Å². The predicted molar refractivity (Wildman–Crippen MR) is 71.1 cm³/mol. The molecule has 4 nitrogen and oxygen atoms in total. The molecular weight excluding hydrogens is 284 g/mol. The molecule has 0 saturated carbocycles. The number of nitrogens with one attached hydrogen (secondary N) is 1. The third kappa shape index (κ3) is 3.85. The van der Waals surface area contributed by atoms with Gasteiger partial charge in [0.15, 0.2) is 0 Å². The number of hydrogen-bond donors (Lipinski definition) is 2. The van der Waals surface area contributed by atoms with E-state index >= 15 is 0 Å². The fourth-order valence-electron chi connectivity index (χ4n) is 1.64. The van der Waals surface area contributed by atoms with Crippen LogP contribution in [0.5, 0.6) is 0 Å². The molecule has 0 aliphatic heterocycles. The van der Waals surface area contributed by atoms with E-state index in [9.17, 15) is 4.79 Å². The standard InChI is InChI=1S/C12H19BrN2O2/c1-4-15-8-9(13)7-10(15)11(17)14-12(2,3)5-6-16/h7-8,16H,4-6H2,1-3H3,(H,14,17). The molecule has 0 aromatic carbocycles. The normalized spacial score (nSPS) is 11.6. The van der Waals surface area contributed by atoms with Gasteiger partial charge in [-0.2, -0.15) is 0 Å². The first-order valence-electron chi connectivity index (χ1n) is 5.68. The Hall–Kier alpha value is -0.810. The first kappa shape index (κ1) is 14.3. The largest absolute Gasteiger partial charge is 0.396 e. The number of carbonyl (C=O) groups excluding carboxylic acids is 1. The summed E-state index contributed by atoms with van der Waals surface area (Å²) in [5, 5.41) is 11.8. The van der Waals surface area contributed by atoms with Crippen LogP contribution in [0.1, 0.15) is 37.7 Å². The second-order valence-corrected chi connectivity index (χ2v) is 5.56. The van der Waals surface area contributed by atoms with Crippen molar-refractivity contribution >= 4 is 21.8 Å². The Morgan fingerprint density at radius 1 is 1.59 bits per heavy atom. The number of nitrogens with zero attached hydrogens (tertiary/aromatic N) is 1. The highest BCUT2D eigenvalue weighted by atomic mass is 79.9. The zero-order valence-corrected chi connectivity index (χ0v) is 12.0. The fraction of sp³-hybridized carbons (Fsp3) is 0.583.